The first-order valence-corrected chi connectivity index (χ1v) is 5.99. The zero-order valence-corrected chi connectivity index (χ0v) is 10.5. The van der Waals surface area contributed by atoms with Gasteiger partial charge in [-0.1, -0.05) is 67.2 Å². The van der Waals surface area contributed by atoms with Crippen LogP contribution in [0.2, 0.25) is 0 Å². The highest BCUT2D eigenvalue weighted by atomic mass is 14.4. The minimum Gasteiger partial charge on any atom is -0.0654 e. The van der Waals surface area contributed by atoms with E-state index in [1.54, 1.807) is 0 Å². The first kappa shape index (κ1) is 13.0. The van der Waals surface area contributed by atoms with E-state index in [1.807, 2.05) is 0 Å². The maximum atomic E-state index is 2.48. The summed E-state index contributed by atoms with van der Waals surface area (Å²) in [4.78, 5) is 0. The van der Waals surface area contributed by atoms with Crippen LogP contribution in [0.1, 0.15) is 73.6 Å². The van der Waals surface area contributed by atoms with Crippen molar-refractivity contribution in [3.05, 3.63) is 0 Å². The van der Waals surface area contributed by atoms with Crippen molar-refractivity contribution in [3.8, 4) is 0 Å². The molecule has 0 spiro atoms. The van der Waals surface area contributed by atoms with E-state index >= 15 is 0 Å². The van der Waals surface area contributed by atoms with E-state index in [0.717, 1.165) is 0 Å². The van der Waals surface area contributed by atoms with Crippen LogP contribution in [0.3, 0.4) is 0 Å². The summed E-state index contributed by atoms with van der Waals surface area (Å²) in [5, 5.41) is 0. The fraction of sp³-hybridized carbons (Fsp3) is 1.00. The van der Waals surface area contributed by atoms with Gasteiger partial charge < -0.3 is 0 Å². The molecular weight excluding hydrogens is 156 g/mol. The first-order valence-electron chi connectivity index (χ1n) is 5.99. The predicted octanol–water partition coefficient (Wildman–Crippen LogP) is 5.03. The van der Waals surface area contributed by atoms with Crippen LogP contribution in [0, 0.1) is 10.8 Å². The summed E-state index contributed by atoms with van der Waals surface area (Å²) in [6.45, 7) is 14.3. The number of hydrogen-bond acceptors (Lipinski definition) is 0. The Morgan fingerprint density at radius 1 is 0.692 bits per heavy atom. The van der Waals surface area contributed by atoms with Gasteiger partial charge in [0.25, 0.3) is 0 Å². The second-order valence-corrected chi connectivity index (χ2v) is 4.93. The monoisotopic (exact) mass is 184 g/mol. The molecule has 0 saturated carbocycles. The number of hydrogen-bond donors (Lipinski definition) is 0. The molecule has 0 aromatic rings. The maximum Gasteiger partial charge on any atom is -0.0275 e. The Morgan fingerprint density at radius 3 is 1.31 bits per heavy atom. The molecule has 0 rings (SSSR count). The lowest BCUT2D eigenvalue weighted by Gasteiger charge is -2.46. The Kier molecular flexibility index (Phi) is 5.02. The molecule has 0 aliphatic rings. The zero-order chi connectivity index (χ0) is 10.5. The fourth-order valence-electron chi connectivity index (χ4n) is 2.56. The third kappa shape index (κ3) is 2.48. The van der Waals surface area contributed by atoms with Crippen LogP contribution in [-0.2, 0) is 0 Å². The van der Waals surface area contributed by atoms with Crippen molar-refractivity contribution >= 4 is 0 Å². The fourth-order valence-corrected chi connectivity index (χ4v) is 2.56. The predicted molar refractivity (Wildman–Crippen MR) is 62.0 cm³/mol. The van der Waals surface area contributed by atoms with Gasteiger partial charge in [-0.2, -0.15) is 0 Å². The molecule has 80 valence electrons. The van der Waals surface area contributed by atoms with Crippen LogP contribution < -0.4 is 0 Å². The van der Waals surface area contributed by atoms with Crippen molar-refractivity contribution in [3.63, 3.8) is 0 Å². The molecule has 0 fully saturated rings. The maximum absolute atomic E-state index is 2.48. The van der Waals surface area contributed by atoms with E-state index < -0.39 is 0 Å². The molecular formula is C13H28. The average molecular weight is 184 g/mol. The van der Waals surface area contributed by atoms with Gasteiger partial charge in [0.1, 0.15) is 0 Å². The minimum absolute atomic E-state index is 0.539. The van der Waals surface area contributed by atoms with Gasteiger partial charge in [0.2, 0.25) is 0 Å². The van der Waals surface area contributed by atoms with E-state index in [-0.39, 0.29) is 0 Å². The Labute approximate surface area is 85.1 Å². The summed E-state index contributed by atoms with van der Waals surface area (Å²) < 4.78 is 0. The topological polar surface area (TPSA) is 0 Å². The molecule has 0 N–H and O–H groups in total. The highest BCUT2D eigenvalue weighted by molar-refractivity contribution is 4.89. The van der Waals surface area contributed by atoms with Gasteiger partial charge in [-0.25, -0.2) is 0 Å². The molecule has 0 heteroatoms. The molecule has 0 saturated heterocycles. The van der Waals surface area contributed by atoms with E-state index in [4.69, 9.17) is 0 Å². The van der Waals surface area contributed by atoms with Gasteiger partial charge in [-0.3, -0.25) is 0 Å². The summed E-state index contributed by atoms with van der Waals surface area (Å²) in [5.41, 5.74) is 1.09. The molecule has 13 heavy (non-hydrogen) atoms. The third-order valence-corrected chi connectivity index (χ3v) is 4.60. The van der Waals surface area contributed by atoms with Gasteiger partial charge in [0.15, 0.2) is 0 Å². The largest absolute Gasteiger partial charge is 0.0654 e. The summed E-state index contributed by atoms with van der Waals surface area (Å²) >= 11 is 0. The van der Waals surface area contributed by atoms with Crippen LogP contribution in [0.25, 0.3) is 0 Å². The molecule has 0 heterocycles. The Bertz CT molecular complexity index is 133. The van der Waals surface area contributed by atoms with E-state index in [1.165, 1.54) is 32.1 Å². The molecule has 1 atom stereocenters. The van der Waals surface area contributed by atoms with Crippen molar-refractivity contribution in [2.45, 2.75) is 73.6 Å². The summed E-state index contributed by atoms with van der Waals surface area (Å²) in [6, 6.07) is 0. The summed E-state index contributed by atoms with van der Waals surface area (Å²) in [5.74, 6) is 0. The molecule has 0 radical (unpaired) electrons. The van der Waals surface area contributed by atoms with Crippen molar-refractivity contribution in [1.82, 2.24) is 0 Å². The lowest BCUT2D eigenvalue weighted by molar-refractivity contribution is 0.0442. The summed E-state index contributed by atoms with van der Waals surface area (Å²) in [7, 11) is 0. The van der Waals surface area contributed by atoms with Gasteiger partial charge in [-0.15, -0.1) is 0 Å². The molecule has 0 aromatic carbocycles. The van der Waals surface area contributed by atoms with E-state index in [9.17, 15) is 0 Å². The van der Waals surface area contributed by atoms with Gasteiger partial charge >= 0.3 is 0 Å². The van der Waals surface area contributed by atoms with Crippen LogP contribution in [0.15, 0.2) is 0 Å². The Balaban J connectivity index is 4.68. The lowest BCUT2D eigenvalue weighted by Crippen LogP contribution is -2.36. The van der Waals surface area contributed by atoms with Crippen LogP contribution in [-0.4, -0.2) is 0 Å². The highest BCUT2D eigenvalue weighted by Crippen LogP contribution is 2.49. The third-order valence-electron chi connectivity index (χ3n) is 4.60. The standard InChI is InChI=1S/C13H28/c1-7-11-13(6,10-4)12(5,8-2)9-3/h7-11H2,1-6H3. The van der Waals surface area contributed by atoms with Gasteiger partial charge in [0.05, 0.1) is 0 Å². The second kappa shape index (κ2) is 5.02. The van der Waals surface area contributed by atoms with Crippen LogP contribution in [0.4, 0.5) is 0 Å². The zero-order valence-electron chi connectivity index (χ0n) is 10.5. The van der Waals surface area contributed by atoms with E-state index in [2.05, 4.69) is 41.5 Å². The lowest BCUT2D eigenvalue weighted by atomic mass is 9.59. The Hall–Kier alpha value is 0. The normalized spacial score (nSPS) is 17.1. The first-order chi connectivity index (χ1) is 5.99. The van der Waals surface area contributed by atoms with Gasteiger partial charge in [-0.05, 0) is 17.3 Å². The van der Waals surface area contributed by atoms with Crippen LogP contribution in [0.5, 0.6) is 0 Å². The molecule has 0 bridgehead atoms. The molecule has 0 nitrogen and oxygen atoms in total. The average Bonchev–Trinajstić information content (AvgIpc) is 2.16. The molecule has 0 amide bonds. The van der Waals surface area contributed by atoms with Crippen molar-refractivity contribution in [1.29, 1.82) is 0 Å². The second-order valence-electron chi connectivity index (χ2n) is 4.93. The Morgan fingerprint density at radius 2 is 1.08 bits per heavy atom. The quantitative estimate of drug-likeness (QED) is 0.543. The number of rotatable bonds is 6. The molecule has 1 unspecified atom stereocenters. The molecule has 0 aliphatic carbocycles. The van der Waals surface area contributed by atoms with Crippen LogP contribution >= 0.6 is 0 Å². The van der Waals surface area contributed by atoms with Gasteiger partial charge in [0, 0.05) is 0 Å². The molecule has 0 aromatic heterocycles. The molecule has 0 aliphatic heterocycles. The summed E-state index contributed by atoms with van der Waals surface area (Å²) in [6.07, 6.45) is 6.64. The highest BCUT2D eigenvalue weighted by Gasteiger charge is 2.39. The van der Waals surface area contributed by atoms with Crippen molar-refractivity contribution in [2.75, 3.05) is 0 Å². The van der Waals surface area contributed by atoms with Crippen molar-refractivity contribution < 1.29 is 0 Å². The van der Waals surface area contributed by atoms with Crippen molar-refractivity contribution in [2.24, 2.45) is 10.8 Å². The minimum atomic E-state index is 0.539. The SMILES string of the molecule is CCCC(C)(CC)C(C)(CC)CC. The smallest absolute Gasteiger partial charge is 0.0275 e. The van der Waals surface area contributed by atoms with E-state index in [0.29, 0.717) is 10.8 Å².